The fourth-order valence-corrected chi connectivity index (χ4v) is 1.92. The zero-order valence-corrected chi connectivity index (χ0v) is 7.18. The number of ketones is 1. The maximum absolute atomic E-state index is 11.4. The molecule has 2 unspecified atom stereocenters. The van der Waals surface area contributed by atoms with E-state index >= 15 is 0 Å². The second kappa shape index (κ2) is 3.70. The molecule has 0 saturated heterocycles. The van der Waals surface area contributed by atoms with E-state index < -0.39 is 0 Å². The van der Waals surface area contributed by atoms with Crippen LogP contribution in [0.2, 0.25) is 0 Å². The molecule has 62 valence electrons. The molecular formula is C10H16O. The lowest BCUT2D eigenvalue weighted by atomic mass is 9.92. The van der Waals surface area contributed by atoms with Crippen molar-refractivity contribution in [1.29, 1.82) is 0 Å². The Morgan fingerprint density at radius 1 is 1.64 bits per heavy atom. The first-order chi connectivity index (χ1) is 5.25. The van der Waals surface area contributed by atoms with Gasteiger partial charge in [0.15, 0.2) is 0 Å². The van der Waals surface area contributed by atoms with Crippen molar-refractivity contribution in [3.63, 3.8) is 0 Å². The molecule has 0 aromatic rings. The van der Waals surface area contributed by atoms with Crippen molar-refractivity contribution in [2.75, 3.05) is 0 Å². The van der Waals surface area contributed by atoms with E-state index in [1.165, 1.54) is 12.8 Å². The summed E-state index contributed by atoms with van der Waals surface area (Å²) >= 11 is 0. The second-order valence-corrected chi connectivity index (χ2v) is 3.47. The summed E-state index contributed by atoms with van der Waals surface area (Å²) in [4.78, 5) is 11.4. The molecule has 1 rings (SSSR count). The Hall–Kier alpha value is -0.590. The Bertz CT molecular complexity index is 160. The number of allylic oxidation sites excluding steroid dienone is 1. The van der Waals surface area contributed by atoms with Gasteiger partial charge in [-0.25, -0.2) is 0 Å². The highest BCUT2D eigenvalue weighted by Gasteiger charge is 2.28. The third kappa shape index (κ3) is 1.92. The van der Waals surface area contributed by atoms with Crippen molar-refractivity contribution in [1.82, 2.24) is 0 Å². The lowest BCUT2D eigenvalue weighted by Gasteiger charge is -2.11. The monoisotopic (exact) mass is 152 g/mol. The van der Waals surface area contributed by atoms with E-state index in [1.807, 2.05) is 0 Å². The molecule has 0 aromatic carbocycles. The van der Waals surface area contributed by atoms with Crippen LogP contribution in [0, 0.1) is 11.8 Å². The molecule has 0 amide bonds. The Morgan fingerprint density at radius 3 is 2.82 bits per heavy atom. The molecule has 0 radical (unpaired) electrons. The van der Waals surface area contributed by atoms with Gasteiger partial charge in [0.2, 0.25) is 0 Å². The molecule has 2 atom stereocenters. The van der Waals surface area contributed by atoms with Crippen molar-refractivity contribution in [2.45, 2.75) is 32.6 Å². The van der Waals surface area contributed by atoms with Crippen molar-refractivity contribution < 1.29 is 4.79 Å². The lowest BCUT2D eigenvalue weighted by molar-refractivity contribution is -0.122. The van der Waals surface area contributed by atoms with Gasteiger partial charge in [-0.2, -0.15) is 0 Å². The summed E-state index contributed by atoms with van der Waals surface area (Å²) < 4.78 is 0. The lowest BCUT2D eigenvalue weighted by Crippen LogP contribution is -2.15. The van der Waals surface area contributed by atoms with Gasteiger partial charge in [0.05, 0.1) is 0 Å². The second-order valence-electron chi connectivity index (χ2n) is 3.47. The molecule has 1 heteroatoms. The molecule has 0 aromatic heterocycles. The average molecular weight is 152 g/mol. The van der Waals surface area contributed by atoms with E-state index in [0.717, 1.165) is 6.42 Å². The fraction of sp³-hybridized carbons (Fsp3) is 0.700. The highest BCUT2D eigenvalue weighted by molar-refractivity contribution is 5.82. The van der Waals surface area contributed by atoms with Gasteiger partial charge in [0.1, 0.15) is 5.78 Å². The van der Waals surface area contributed by atoms with Crippen LogP contribution in [0.3, 0.4) is 0 Å². The molecule has 0 bridgehead atoms. The van der Waals surface area contributed by atoms with E-state index in [4.69, 9.17) is 0 Å². The SMILES string of the molecule is C=CCC(=O)C1CCCC1C. The summed E-state index contributed by atoms with van der Waals surface area (Å²) in [6, 6.07) is 0. The van der Waals surface area contributed by atoms with Crippen molar-refractivity contribution in [3.8, 4) is 0 Å². The Kier molecular flexibility index (Phi) is 2.86. The summed E-state index contributed by atoms with van der Waals surface area (Å²) in [6.45, 7) is 5.76. The van der Waals surface area contributed by atoms with E-state index in [0.29, 0.717) is 24.0 Å². The zero-order valence-electron chi connectivity index (χ0n) is 7.18. The molecule has 1 saturated carbocycles. The number of hydrogen-bond donors (Lipinski definition) is 0. The van der Waals surface area contributed by atoms with E-state index in [1.54, 1.807) is 6.08 Å². The molecule has 0 aliphatic heterocycles. The van der Waals surface area contributed by atoms with E-state index in [-0.39, 0.29) is 0 Å². The highest BCUT2D eigenvalue weighted by Crippen LogP contribution is 2.32. The summed E-state index contributed by atoms with van der Waals surface area (Å²) in [5.74, 6) is 1.35. The Balaban J connectivity index is 2.45. The molecule has 0 spiro atoms. The first-order valence-electron chi connectivity index (χ1n) is 4.39. The molecule has 1 nitrogen and oxygen atoms in total. The summed E-state index contributed by atoms with van der Waals surface area (Å²) in [5, 5.41) is 0. The summed E-state index contributed by atoms with van der Waals surface area (Å²) in [7, 11) is 0. The van der Waals surface area contributed by atoms with Gasteiger partial charge in [0.25, 0.3) is 0 Å². The molecule has 1 aliphatic carbocycles. The predicted molar refractivity (Wildman–Crippen MR) is 46.3 cm³/mol. The molecule has 11 heavy (non-hydrogen) atoms. The number of rotatable bonds is 3. The van der Waals surface area contributed by atoms with Crippen LogP contribution < -0.4 is 0 Å². The first-order valence-corrected chi connectivity index (χ1v) is 4.39. The van der Waals surface area contributed by atoms with Gasteiger partial charge < -0.3 is 0 Å². The van der Waals surface area contributed by atoms with Crippen molar-refractivity contribution >= 4 is 5.78 Å². The first kappa shape index (κ1) is 8.51. The largest absolute Gasteiger partial charge is 0.299 e. The maximum atomic E-state index is 11.4. The third-order valence-electron chi connectivity index (χ3n) is 2.62. The minimum Gasteiger partial charge on any atom is -0.299 e. The third-order valence-corrected chi connectivity index (χ3v) is 2.62. The quantitative estimate of drug-likeness (QED) is 0.568. The fourth-order valence-electron chi connectivity index (χ4n) is 1.92. The van der Waals surface area contributed by atoms with Crippen LogP contribution in [-0.4, -0.2) is 5.78 Å². The van der Waals surface area contributed by atoms with Crippen molar-refractivity contribution in [2.24, 2.45) is 11.8 Å². The van der Waals surface area contributed by atoms with Crippen LogP contribution >= 0.6 is 0 Å². The van der Waals surface area contributed by atoms with Gasteiger partial charge in [-0.15, -0.1) is 6.58 Å². The van der Waals surface area contributed by atoms with Crippen LogP contribution in [0.15, 0.2) is 12.7 Å². The number of hydrogen-bond acceptors (Lipinski definition) is 1. The van der Waals surface area contributed by atoms with Crippen molar-refractivity contribution in [3.05, 3.63) is 12.7 Å². The van der Waals surface area contributed by atoms with E-state index in [2.05, 4.69) is 13.5 Å². The number of carbonyl (C=O) groups excluding carboxylic acids is 1. The van der Waals surface area contributed by atoms with Crippen LogP contribution in [0.1, 0.15) is 32.6 Å². The summed E-state index contributed by atoms with van der Waals surface area (Å²) in [5.41, 5.74) is 0. The molecule has 1 aliphatic rings. The Morgan fingerprint density at radius 2 is 2.36 bits per heavy atom. The number of carbonyl (C=O) groups is 1. The molecular weight excluding hydrogens is 136 g/mol. The standard InChI is InChI=1S/C10H16O/c1-3-5-10(11)9-7-4-6-8(9)2/h3,8-9H,1,4-7H2,2H3. The molecule has 0 N–H and O–H groups in total. The predicted octanol–water partition coefficient (Wildman–Crippen LogP) is 2.57. The van der Waals surface area contributed by atoms with Crippen LogP contribution in [0.5, 0.6) is 0 Å². The van der Waals surface area contributed by atoms with Gasteiger partial charge in [-0.05, 0) is 18.8 Å². The Labute approximate surface area is 68.5 Å². The van der Waals surface area contributed by atoms with Crippen LogP contribution in [-0.2, 0) is 4.79 Å². The van der Waals surface area contributed by atoms with Gasteiger partial charge in [-0.1, -0.05) is 19.4 Å². The van der Waals surface area contributed by atoms with Crippen LogP contribution in [0.4, 0.5) is 0 Å². The topological polar surface area (TPSA) is 17.1 Å². The highest BCUT2D eigenvalue weighted by atomic mass is 16.1. The van der Waals surface area contributed by atoms with Crippen LogP contribution in [0.25, 0.3) is 0 Å². The average Bonchev–Trinajstić information content (AvgIpc) is 2.36. The van der Waals surface area contributed by atoms with Gasteiger partial charge in [0, 0.05) is 12.3 Å². The molecule has 1 fully saturated rings. The summed E-state index contributed by atoms with van der Waals surface area (Å²) in [6.07, 6.45) is 5.85. The smallest absolute Gasteiger partial charge is 0.139 e. The molecule has 0 heterocycles. The maximum Gasteiger partial charge on any atom is 0.139 e. The van der Waals surface area contributed by atoms with Gasteiger partial charge in [-0.3, -0.25) is 4.79 Å². The normalized spacial score (nSPS) is 30.3. The van der Waals surface area contributed by atoms with E-state index in [9.17, 15) is 4.79 Å². The minimum atomic E-state index is 0.341. The van der Waals surface area contributed by atoms with Gasteiger partial charge >= 0.3 is 0 Å². The number of Topliss-reactive ketones (excluding diaryl/α,β-unsaturated/α-hetero) is 1. The minimum absolute atomic E-state index is 0.341. The zero-order chi connectivity index (χ0) is 8.27.